The molecule has 0 saturated carbocycles. The molecule has 1 aliphatic rings. The monoisotopic (exact) mass is 283 g/mol. The number of amides is 1. The molecule has 4 nitrogen and oxygen atoms in total. The molecule has 1 fully saturated rings. The molecule has 5 heteroatoms. The number of aryl methyl sites for hydroxylation is 1. The van der Waals surface area contributed by atoms with E-state index in [1.165, 1.54) is 0 Å². The van der Waals surface area contributed by atoms with E-state index >= 15 is 0 Å². The number of halogens is 1. The molecule has 1 saturated heterocycles. The van der Waals surface area contributed by atoms with E-state index < -0.39 is 0 Å². The summed E-state index contributed by atoms with van der Waals surface area (Å²) in [5.41, 5.74) is 0.959. The van der Waals surface area contributed by atoms with E-state index in [0.29, 0.717) is 5.82 Å². The van der Waals surface area contributed by atoms with E-state index in [2.05, 4.69) is 31.5 Å². The van der Waals surface area contributed by atoms with Crippen molar-refractivity contribution in [1.29, 1.82) is 0 Å². The topological polar surface area (TPSA) is 54.0 Å². The van der Waals surface area contributed by atoms with Crippen LogP contribution < -0.4 is 10.6 Å². The molecule has 1 amide bonds. The van der Waals surface area contributed by atoms with Gasteiger partial charge in [-0.25, -0.2) is 4.98 Å². The van der Waals surface area contributed by atoms with Crippen molar-refractivity contribution in [2.75, 3.05) is 11.9 Å². The number of hydrogen-bond donors (Lipinski definition) is 2. The van der Waals surface area contributed by atoms with Crippen LogP contribution in [0.25, 0.3) is 0 Å². The van der Waals surface area contributed by atoms with E-state index in [9.17, 15) is 4.79 Å². The lowest BCUT2D eigenvalue weighted by molar-refractivity contribution is -0.117. The number of carbonyl (C=O) groups is 1. The highest BCUT2D eigenvalue weighted by Crippen LogP contribution is 2.17. The molecule has 0 radical (unpaired) electrons. The number of rotatable bonds is 2. The quantitative estimate of drug-likeness (QED) is 0.871. The number of nitrogens with one attached hydrogen (secondary N) is 2. The summed E-state index contributed by atoms with van der Waals surface area (Å²) in [4.78, 5) is 16.0. The summed E-state index contributed by atoms with van der Waals surface area (Å²) >= 11 is 3.34. The van der Waals surface area contributed by atoms with Gasteiger partial charge < -0.3 is 10.6 Å². The molecule has 16 heavy (non-hydrogen) atoms. The van der Waals surface area contributed by atoms with Gasteiger partial charge in [0.1, 0.15) is 5.82 Å². The van der Waals surface area contributed by atoms with E-state index in [1.807, 2.05) is 13.0 Å². The molecule has 86 valence electrons. The van der Waals surface area contributed by atoms with Gasteiger partial charge in [-0.1, -0.05) is 0 Å². The van der Waals surface area contributed by atoms with Crippen molar-refractivity contribution in [2.24, 2.45) is 0 Å². The van der Waals surface area contributed by atoms with Gasteiger partial charge in [-0.3, -0.25) is 4.79 Å². The largest absolute Gasteiger partial charge is 0.309 e. The number of nitrogens with zero attached hydrogens (tertiary/aromatic N) is 1. The van der Waals surface area contributed by atoms with E-state index in [0.717, 1.165) is 29.4 Å². The zero-order chi connectivity index (χ0) is 11.5. The van der Waals surface area contributed by atoms with Gasteiger partial charge in [0.2, 0.25) is 5.91 Å². The molecule has 0 aliphatic carbocycles. The Kier molecular flexibility index (Phi) is 3.56. The molecule has 2 heterocycles. The van der Waals surface area contributed by atoms with Crippen LogP contribution in [0.5, 0.6) is 0 Å². The molecular weight excluding hydrogens is 270 g/mol. The average molecular weight is 284 g/mol. The Morgan fingerprint density at radius 3 is 3.12 bits per heavy atom. The van der Waals surface area contributed by atoms with Crippen LogP contribution in [0.2, 0.25) is 0 Å². The third kappa shape index (κ3) is 2.59. The minimum Gasteiger partial charge on any atom is -0.309 e. The van der Waals surface area contributed by atoms with Gasteiger partial charge in [0.15, 0.2) is 0 Å². The third-order valence-corrected chi connectivity index (χ3v) is 3.10. The van der Waals surface area contributed by atoms with Crippen LogP contribution >= 0.6 is 15.9 Å². The molecule has 1 atom stereocenters. The van der Waals surface area contributed by atoms with Crippen molar-refractivity contribution in [3.8, 4) is 0 Å². The predicted octanol–water partition coefficient (Wildman–Crippen LogP) is 1.84. The summed E-state index contributed by atoms with van der Waals surface area (Å²) in [5.74, 6) is 0.650. The lowest BCUT2D eigenvalue weighted by Gasteiger charge is -2.12. The van der Waals surface area contributed by atoms with Crippen LogP contribution in [-0.2, 0) is 4.79 Å². The first-order chi connectivity index (χ1) is 7.66. The first kappa shape index (κ1) is 11.5. The van der Waals surface area contributed by atoms with Gasteiger partial charge in [-0.2, -0.15) is 0 Å². The summed E-state index contributed by atoms with van der Waals surface area (Å²) in [5, 5.41) is 6.00. The molecule has 0 aromatic carbocycles. The molecule has 2 rings (SSSR count). The molecule has 0 unspecified atom stereocenters. The summed E-state index contributed by atoms with van der Waals surface area (Å²) in [6.07, 6.45) is 3.65. The van der Waals surface area contributed by atoms with Crippen molar-refractivity contribution >= 4 is 27.7 Å². The maximum Gasteiger partial charge on any atom is 0.242 e. The second kappa shape index (κ2) is 4.93. The number of aromatic nitrogens is 1. The van der Waals surface area contributed by atoms with Crippen molar-refractivity contribution < 1.29 is 4.79 Å². The predicted molar refractivity (Wildman–Crippen MR) is 66.3 cm³/mol. The van der Waals surface area contributed by atoms with Gasteiger partial charge in [0.25, 0.3) is 0 Å². The van der Waals surface area contributed by atoms with Gasteiger partial charge in [-0.05, 0) is 53.9 Å². The Morgan fingerprint density at radius 1 is 1.69 bits per heavy atom. The third-order valence-electron chi connectivity index (χ3n) is 2.66. The summed E-state index contributed by atoms with van der Waals surface area (Å²) < 4.78 is 0.919. The van der Waals surface area contributed by atoms with E-state index in [1.54, 1.807) is 6.20 Å². The Balaban J connectivity index is 2.05. The Hall–Kier alpha value is -0.940. The number of hydrogen-bond acceptors (Lipinski definition) is 3. The van der Waals surface area contributed by atoms with Crippen LogP contribution in [0.4, 0.5) is 5.82 Å². The molecule has 2 N–H and O–H groups in total. The van der Waals surface area contributed by atoms with Crippen LogP contribution in [-0.4, -0.2) is 23.5 Å². The maximum absolute atomic E-state index is 11.8. The highest BCUT2D eigenvalue weighted by atomic mass is 79.9. The standard InChI is InChI=1S/C11H14BrN3O/c1-7-5-8(12)6-14-10(7)15-11(16)9-3-2-4-13-9/h5-6,9,13H,2-4H2,1H3,(H,14,15,16)/t9-/m1/s1. The lowest BCUT2D eigenvalue weighted by atomic mass is 10.2. The first-order valence-electron chi connectivity index (χ1n) is 5.33. The van der Waals surface area contributed by atoms with Gasteiger partial charge in [0, 0.05) is 10.7 Å². The fourth-order valence-electron chi connectivity index (χ4n) is 1.78. The smallest absolute Gasteiger partial charge is 0.242 e. The summed E-state index contributed by atoms with van der Waals surface area (Å²) in [6.45, 7) is 2.85. The highest BCUT2D eigenvalue weighted by molar-refractivity contribution is 9.10. The van der Waals surface area contributed by atoms with E-state index in [-0.39, 0.29) is 11.9 Å². The van der Waals surface area contributed by atoms with Crippen LogP contribution in [0.15, 0.2) is 16.7 Å². The first-order valence-corrected chi connectivity index (χ1v) is 6.12. The van der Waals surface area contributed by atoms with Crippen molar-refractivity contribution in [1.82, 2.24) is 10.3 Å². The van der Waals surface area contributed by atoms with Crippen LogP contribution in [0, 0.1) is 6.92 Å². The molecule has 1 aromatic rings. The number of pyridine rings is 1. The second-order valence-electron chi connectivity index (χ2n) is 3.96. The Morgan fingerprint density at radius 2 is 2.50 bits per heavy atom. The number of anilines is 1. The summed E-state index contributed by atoms with van der Waals surface area (Å²) in [6, 6.07) is 1.87. The Labute approximate surface area is 103 Å². The zero-order valence-electron chi connectivity index (χ0n) is 9.09. The minimum absolute atomic E-state index is 0.00965. The molecular formula is C11H14BrN3O. The normalized spacial score (nSPS) is 19.8. The fraction of sp³-hybridized carbons (Fsp3) is 0.455. The van der Waals surface area contributed by atoms with Gasteiger partial charge in [-0.15, -0.1) is 0 Å². The van der Waals surface area contributed by atoms with Crippen molar-refractivity contribution in [2.45, 2.75) is 25.8 Å². The molecule has 1 aromatic heterocycles. The van der Waals surface area contributed by atoms with Gasteiger partial charge in [0.05, 0.1) is 6.04 Å². The van der Waals surface area contributed by atoms with Crippen molar-refractivity contribution in [3.05, 3.63) is 22.3 Å². The molecule has 0 bridgehead atoms. The van der Waals surface area contributed by atoms with E-state index in [4.69, 9.17) is 0 Å². The van der Waals surface area contributed by atoms with Gasteiger partial charge >= 0.3 is 0 Å². The SMILES string of the molecule is Cc1cc(Br)cnc1NC(=O)[C@H]1CCCN1. The van der Waals surface area contributed by atoms with Crippen molar-refractivity contribution in [3.63, 3.8) is 0 Å². The zero-order valence-corrected chi connectivity index (χ0v) is 10.7. The average Bonchev–Trinajstić information content (AvgIpc) is 2.75. The number of carbonyl (C=O) groups excluding carboxylic acids is 1. The minimum atomic E-state index is -0.0650. The maximum atomic E-state index is 11.8. The highest BCUT2D eigenvalue weighted by Gasteiger charge is 2.22. The fourth-order valence-corrected chi connectivity index (χ4v) is 2.23. The molecule has 1 aliphatic heterocycles. The van der Waals surface area contributed by atoms with Crippen LogP contribution in [0.1, 0.15) is 18.4 Å². The molecule has 0 spiro atoms. The lowest BCUT2D eigenvalue weighted by Crippen LogP contribution is -2.35. The summed E-state index contributed by atoms with van der Waals surface area (Å²) in [7, 11) is 0. The second-order valence-corrected chi connectivity index (χ2v) is 4.87. The Bertz CT molecular complexity index is 402. The van der Waals surface area contributed by atoms with Crippen LogP contribution in [0.3, 0.4) is 0 Å².